The van der Waals surface area contributed by atoms with Gasteiger partial charge in [0.15, 0.2) is 0 Å². The van der Waals surface area contributed by atoms with Gasteiger partial charge in [0.25, 0.3) is 0 Å². The van der Waals surface area contributed by atoms with E-state index in [0.717, 1.165) is 24.9 Å². The van der Waals surface area contributed by atoms with Crippen molar-refractivity contribution in [3.63, 3.8) is 0 Å². The lowest BCUT2D eigenvalue weighted by atomic mass is 9.85. The summed E-state index contributed by atoms with van der Waals surface area (Å²) in [5.74, 6) is -1.12. The molecule has 1 aliphatic carbocycles. The lowest BCUT2D eigenvalue weighted by molar-refractivity contribution is -0.139. The number of carboxylic acids is 1. The Balaban J connectivity index is 1.76. The molecule has 116 valence electrons. The molecule has 0 unspecified atom stereocenters. The largest absolute Gasteiger partial charge is 0.480 e. The fourth-order valence-corrected chi connectivity index (χ4v) is 2.88. The number of halogens is 2. The van der Waals surface area contributed by atoms with Crippen molar-refractivity contribution in [2.45, 2.75) is 38.4 Å². The molecule has 1 aliphatic rings. The third-order valence-corrected chi connectivity index (χ3v) is 4.32. The van der Waals surface area contributed by atoms with Crippen molar-refractivity contribution in [2.75, 3.05) is 13.1 Å². The molecule has 1 aromatic rings. The smallest absolute Gasteiger partial charge is 0.317 e. The number of likely N-dealkylation sites (N-methyl/N-ethyl adjacent to an activating group) is 1. The van der Waals surface area contributed by atoms with Crippen LogP contribution in [0.3, 0.4) is 0 Å². The normalized spacial score (nSPS) is 21.3. The van der Waals surface area contributed by atoms with Gasteiger partial charge in [-0.1, -0.05) is 24.6 Å². The molecule has 1 saturated carbocycles. The molecule has 0 aromatic heterocycles. The third kappa shape index (κ3) is 4.40. The molecule has 21 heavy (non-hydrogen) atoms. The van der Waals surface area contributed by atoms with Gasteiger partial charge < -0.3 is 10.4 Å². The number of hydrogen-bond donors (Lipinski definition) is 2. The van der Waals surface area contributed by atoms with Gasteiger partial charge in [0.1, 0.15) is 5.82 Å². The van der Waals surface area contributed by atoms with E-state index >= 15 is 0 Å². The molecule has 0 bridgehead atoms. The standard InChI is InChI=1S/C15H20ClFN2O2/c1-2-19(9-15(20)21)13-6-12(7-13)18-8-10-3-4-11(17)5-14(10)16/h3-5,12-13,18H,2,6-9H2,1H3,(H,20,21). The summed E-state index contributed by atoms with van der Waals surface area (Å²) < 4.78 is 12.9. The van der Waals surface area contributed by atoms with E-state index in [0.29, 0.717) is 23.7 Å². The molecular weight excluding hydrogens is 295 g/mol. The van der Waals surface area contributed by atoms with Crippen LogP contribution in [0.4, 0.5) is 4.39 Å². The average Bonchev–Trinajstić information content (AvgIpc) is 2.37. The van der Waals surface area contributed by atoms with Crippen molar-refractivity contribution in [1.82, 2.24) is 10.2 Å². The number of benzene rings is 1. The molecule has 2 N–H and O–H groups in total. The summed E-state index contributed by atoms with van der Waals surface area (Å²) in [5, 5.41) is 12.7. The number of nitrogens with one attached hydrogen (secondary N) is 1. The van der Waals surface area contributed by atoms with E-state index in [1.54, 1.807) is 6.07 Å². The van der Waals surface area contributed by atoms with Crippen molar-refractivity contribution >= 4 is 17.6 Å². The van der Waals surface area contributed by atoms with Crippen LogP contribution in [0.5, 0.6) is 0 Å². The van der Waals surface area contributed by atoms with Crippen LogP contribution < -0.4 is 5.32 Å². The molecule has 6 heteroatoms. The van der Waals surface area contributed by atoms with E-state index in [-0.39, 0.29) is 12.4 Å². The fraction of sp³-hybridized carbons (Fsp3) is 0.533. The zero-order chi connectivity index (χ0) is 15.4. The summed E-state index contributed by atoms with van der Waals surface area (Å²) in [6, 6.07) is 5.08. The van der Waals surface area contributed by atoms with Crippen molar-refractivity contribution in [1.29, 1.82) is 0 Å². The van der Waals surface area contributed by atoms with Crippen molar-refractivity contribution < 1.29 is 14.3 Å². The molecular formula is C15H20ClFN2O2. The Morgan fingerprint density at radius 1 is 1.52 bits per heavy atom. The molecule has 2 rings (SSSR count). The van der Waals surface area contributed by atoms with Crippen molar-refractivity contribution in [3.05, 3.63) is 34.6 Å². The van der Waals surface area contributed by atoms with E-state index in [4.69, 9.17) is 16.7 Å². The molecule has 4 nitrogen and oxygen atoms in total. The first-order valence-electron chi connectivity index (χ1n) is 7.12. The summed E-state index contributed by atoms with van der Waals surface area (Å²) in [6.45, 7) is 3.41. The highest BCUT2D eigenvalue weighted by molar-refractivity contribution is 6.31. The second kappa shape index (κ2) is 7.20. The highest BCUT2D eigenvalue weighted by Gasteiger charge is 2.33. The van der Waals surface area contributed by atoms with Crippen LogP contribution in [0.15, 0.2) is 18.2 Å². The first kappa shape index (κ1) is 16.2. The van der Waals surface area contributed by atoms with E-state index in [1.165, 1.54) is 12.1 Å². The summed E-state index contributed by atoms with van der Waals surface area (Å²) in [5.41, 5.74) is 0.874. The van der Waals surface area contributed by atoms with E-state index < -0.39 is 5.97 Å². The van der Waals surface area contributed by atoms with Gasteiger partial charge in [-0.2, -0.15) is 0 Å². The van der Waals surface area contributed by atoms with Crippen molar-refractivity contribution in [3.8, 4) is 0 Å². The second-order valence-electron chi connectivity index (χ2n) is 5.40. The molecule has 1 aromatic carbocycles. The zero-order valence-corrected chi connectivity index (χ0v) is 12.7. The minimum atomic E-state index is -0.786. The topological polar surface area (TPSA) is 52.6 Å². The van der Waals surface area contributed by atoms with Crippen LogP contribution in [0.1, 0.15) is 25.3 Å². The molecule has 0 atom stereocenters. The van der Waals surface area contributed by atoms with Gasteiger partial charge >= 0.3 is 5.97 Å². The second-order valence-corrected chi connectivity index (χ2v) is 5.80. The number of hydrogen-bond acceptors (Lipinski definition) is 3. The van der Waals surface area contributed by atoms with Gasteiger partial charge in [-0.05, 0) is 37.1 Å². The lowest BCUT2D eigenvalue weighted by Gasteiger charge is -2.42. The summed E-state index contributed by atoms with van der Waals surface area (Å²) >= 11 is 5.98. The SMILES string of the molecule is CCN(CC(=O)O)C1CC(NCc2ccc(F)cc2Cl)C1. The van der Waals surface area contributed by atoms with Crippen LogP contribution >= 0.6 is 11.6 Å². The van der Waals surface area contributed by atoms with Gasteiger partial charge in [0.05, 0.1) is 6.54 Å². The fourth-order valence-electron chi connectivity index (χ4n) is 2.64. The Morgan fingerprint density at radius 2 is 2.24 bits per heavy atom. The number of nitrogens with zero attached hydrogens (tertiary/aromatic N) is 1. The Morgan fingerprint density at radius 3 is 2.81 bits per heavy atom. The van der Waals surface area contributed by atoms with Gasteiger partial charge in [0.2, 0.25) is 0 Å². The summed E-state index contributed by atoms with van der Waals surface area (Å²) in [4.78, 5) is 12.7. The maximum absolute atomic E-state index is 12.9. The molecule has 0 amide bonds. The summed E-state index contributed by atoms with van der Waals surface area (Å²) in [7, 11) is 0. The predicted molar refractivity (Wildman–Crippen MR) is 79.9 cm³/mol. The Kier molecular flexibility index (Phi) is 5.56. The van der Waals surface area contributed by atoms with Gasteiger partial charge in [-0.25, -0.2) is 4.39 Å². The molecule has 1 fully saturated rings. The maximum Gasteiger partial charge on any atom is 0.317 e. The van der Waals surface area contributed by atoms with Gasteiger partial charge in [-0.15, -0.1) is 0 Å². The predicted octanol–water partition coefficient (Wildman–Crippen LogP) is 2.51. The van der Waals surface area contributed by atoms with Gasteiger partial charge in [0, 0.05) is 23.7 Å². The summed E-state index contributed by atoms with van der Waals surface area (Å²) in [6.07, 6.45) is 1.86. The minimum Gasteiger partial charge on any atom is -0.480 e. The number of carbonyl (C=O) groups is 1. The van der Waals surface area contributed by atoms with Crippen LogP contribution in [-0.4, -0.2) is 41.1 Å². The number of carboxylic acid groups (broad SMARTS) is 1. The zero-order valence-electron chi connectivity index (χ0n) is 12.0. The lowest BCUT2D eigenvalue weighted by Crippen LogP contribution is -2.53. The minimum absolute atomic E-state index is 0.0949. The van der Waals surface area contributed by atoms with Gasteiger partial charge in [-0.3, -0.25) is 9.69 Å². The van der Waals surface area contributed by atoms with Crippen LogP contribution in [0.25, 0.3) is 0 Å². The third-order valence-electron chi connectivity index (χ3n) is 3.97. The highest BCUT2D eigenvalue weighted by atomic mass is 35.5. The van der Waals surface area contributed by atoms with E-state index in [1.807, 2.05) is 11.8 Å². The van der Waals surface area contributed by atoms with Crippen molar-refractivity contribution in [2.24, 2.45) is 0 Å². The average molecular weight is 315 g/mol. The highest BCUT2D eigenvalue weighted by Crippen LogP contribution is 2.26. The molecule has 0 radical (unpaired) electrons. The Bertz CT molecular complexity index is 506. The van der Waals surface area contributed by atoms with Crippen LogP contribution in [-0.2, 0) is 11.3 Å². The van der Waals surface area contributed by atoms with E-state index in [9.17, 15) is 9.18 Å². The van der Waals surface area contributed by atoms with Crippen LogP contribution in [0, 0.1) is 5.82 Å². The molecule has 0 heterocycles. The first-order valence-corrected chi connectivity index (χ1v) is 7.50. The first-order chi connectivity index (χ1) is 9.99. The Hall–Kier alpha value is -1.17. The monoisotopic (exact) mass is 314 g/mol. The Labute approximate surface area is 128 Å². The quantitative estimate of drug-likeness (QED) is 0.812. The number of rotatable bonds is 7. The van der Waals surface area contributed by atoms with E-state index in [2.05, 4.69) is 5.32 Å². The molecule has 0 saturated heterocycles. The maximum atomic E-state index is 12.9. The molecule has 0 spiro atoms. The van der Waals surface area contributed by atoms with Crippen LogP contribution in [0.2, 0.25) is 5.02 Å². The number of aliphatic carboxylic acids is 1. The molecule has 0 aliphatic heterocycles.